The first-order valence-electron chi connectivity index (χ1n) is 10.7. The summed E-state index contributed by atoms with van der Waals surface area (Å²) < 4.78 is 0. The first-order valence-corrected chi connectivity index (χ1v) is 11.5. The summed E-state index contributed by atoms with van der Waals surface area (Å²) in [5.74, 6) is -0.888. The molecular weight excluding hydrogens is 414 g/mol. The van der Waals surface area contributed by atoms with Gasteiger partial charge in [0.25, 0.3) is 5.91 Å². The predicted octanol–water partition coefficient (Wildman–Crippen LogP) is 1.45. The molecule has 2 aliphatic rings. The maximum Gasteiger partial charge on any atom is 0.252 e. The molecule has 2 amide bonds. The summed E-state index contributed by atoms with van der Waals surface area (Å²) in [6, 6.07) is 7.23. The van der Waals surface area contributed by atoms with Crippen LogP contribution < -0.4 is 16.0 Å². The highest BCUT2D eigenvalue weighted by Crippen LogP contribution is 2.30. The lowest BCUT2D eigenvalue weighted by Crippen LogP contribution is -2.59. The number of hydrogen-bond donors (Lipinski definition) is 3. The highest BCUT2D eigenvalue weighted by molar-refractivity contribution is 7.14. The molecular formula is C22H29N5O3S. The number of nitrogens with zero attached hydrogens (tertiary/aromatic N) is 3. The zero-order valence-corrected chi connectivity index (χ0v) is 18.5. The number of aliphatic hydroxyl groups excluding tert-OH is 1. The summed E-state index contributed by atoms with van der Waals surface area (Å²) in [6.07, 6.45) is 1.14. The second-order valence-corrected chi connectivity index (χ2v) is 9.35. The maximum atomic E-state index is 12.8. The molecule has 1 saturated heterocycles. The van der Waals surface area contributed by atoms with Crippen molar-refractivity contribution < 1.29 is 14.7 Å². The fourth-order valence-corrected chi connectivity index (χ4v) is 5.04. The second-order valence-electron chi connectivity index (χ2n) is 8.51. The zero-order chi connectivity index (χ0) is 22.0. The third-order valence-corrected chi connectivity index (χ3v) is 7.24. The first-order chi connectivity index (χ1) is 14.9. The summed E-state index contributed by atoms with van der Waals surface area (Å²) in [4.78, 5) is 34.2. The van der Waals surface area contributed by atoms with Crippen molar-refractivity contribution in [1.29, 1.82) is 0 Å². The number of nitrogens with two attached hydrogens (primary N) is 1. The zero-order valence-electron chi connectivity index (χ0n) is 17.7. The van der Waals surface area contributed by atoms with Gasteiger partial charge in [0.1, 0.15) is 5.54 Å². The van der Waals surface area contributed by atoms with Crippen molar-refractivity contribution in [2.75, 3.05) is 38.1 Å². The first kappa shape index (κ1) is 21.7. The van der Waals surface area contributed by atoms with Gasteiger partial charge in [-0.1, -0.05) is 12.1 Å². The number of rotatable bonds is 5. The van der Waals surface area contributed by atoms with E-state index >= 15 is 0 Å². The van der Waals surface area contributed by atoms with Gasteiger partial charge in [0.05, 0.1) is 11.8 Å². The van der Waals surface area contributed by atoms with Gasteiger partial charge in [0, 0.05) is 42.7 Å². The Bertz CT molecular complexity index is 929. The molecule has 0 spiro atoms. The molecule has 2 heterocycles. The van der Waals surface area contributed by atoms with Crippen LogP contribution in [0.2, 0.25) is 0 Å². The molecule has 1 aromatic heterocycles. The third-order valence-electron chi connectivity index (χ3n) is 6.34. The van der Waals surface area contributed by atoms with E-state index in [2.05, 4.69) is 22.2 Å². The number of benzene rings is 1. The molecule has 0 unspecified atom stereocenters. The number of piperazine rings is 1. The van der Waals surface area contributed by atoms with Gasteiger partial charge in [-0.25, -0.2) is 4.98 Å². The van der Waals surface area contributed by atoms with Crippen LogP contribution in [0.5, 0.6) is 0 Å². The lowest BCUT2D eigenvalue weighted by Gasteiger charge is -2.36. The van der Waals surface area contributed by atoms with E-state index in [1.54, 1.807) is 23.5 Å². The van der Waals surface area contributed by atoms with Gasteiger partial charge in [-0.2, -0.15) is 0 Å². The fourth-order valence-electron chi connectivity index (χ4n) is 4.15. The Morgan fingerprint density at radius 1 is 1.16 bits per heavy atom. The van der Waals surface area contributed by atoms with Gasteiger partial charge in [-0.3, -0.25) is 9.59 Å². The monoisotopic (exact) mass is 443 g/mol. The van der Waals surface area contributed by atoms with Crippen LogP contribution in [-0.2, 0) is 4.79 Å². The standard InChI is InChI=1S/C22H29N5O3S/c1-26-10-12-27(13-11-26)21-24-18(14-31-21)15-2-4-16(5-3-15)19(29)25-22(20(23)30)8-6-17(28)7-9-22/h2-5,14,17,28H,6-13H2,1H3,(H2,23,30)(H,25,29). The number of carbonyl (C=O) groups is 2. The number of hydrogen-bond acceptors (Lipinski definition) is 7. The number of nitrogens with one attached hydrogen (secondary N) is 1. The van der Waals surface area contributed by atoms with Crippen LogP contribution >= 0.6 is 11.3 Å². The summed E-state index contributed by atoms with van der Waals surface area (Å²) >= 11 is 1.63. The number of carbonyl (C=O) groups excluding carboxylic acids is 2. The van der Waals surface area contributed by atoms with Gasteiger partial charge in [0.2, 0.25) is 5.91 Å². The normalized spacial score (nSPS) is 24.7. The predicted molar refractivity (Wildman–Crippen MR) is 121 cm³/mol. The smallest absolute Gasteiger partial charge is 0.252 e. The van der Waals surface area contributed by atoms with E-state index in [0.717, 1.165) is 42.6 Å². The van der Waals surface area contributed by atoms with Crippen molar-refractivity contribution in [3.63, 3.8) is 0 Å². The largest absolute Gasteiger partial charge is 0.393 e. The SMILES string of the molecule is CN1CCN(c2nc(-c3ccc(C(=O)NC4(C(N)=O)CCC(O)CC4)cc3)cs2)CC1. The maximum absolute atomic E-state index is 12.8. The fraction of sp³-hybridized carbons (Fsp3) is 0.500. The average Bonchev–Trinajstić information content (AvgIpc) is 3.26. The molecule has 0 radical (unpaired) electrons. The van der Waals surface area contributed by atoms with Crippen LogP contribution in [-0.4, -0.2) is 71.7 Å². The van der Waals surface area contributed by atoms with Crippen LogP contribution in [0.15, 0.2) is 29.6 Å². The van der Waals surface area contributed by atoms with Crippen molar-refractivity contribution >= 4 is 28.3 Å². The Labute approximate surface area is 186 Å². The number of thiazole rings is 1. The number of likely N-dealkylation sites (N-methyl/N-ethyl adjacent to an activating group) is 1. The number of anilines is 1. The molecule has 0 bridgehead atoms. The van der Waals surface area contributed by atoms with E-state index in [9.17, 15) is 14.7 Å². The molecule has 1 saturated carbocycles. The van der Waals surface area contributed by atoms with E-state index in [0.29, 0.717) is 31.2 Å². The highest BCUT2D eigenvalue weighted by Gasteiger charge is 2.41. The molecule has 9 heteroatoms. The summed E-state index contributed by atoms with van der Waals surface area (Å²) in [7, 11) is 2.13. The number of primary amides is 1. The molecule has 2 aromatic rings. The lowest BCUT2D eigenvalue weighted by atomic mass is 9.79. The quantitative estimate of drug-likeness (QED) is 0.645. The van der Waals surface area contributed by atoms with E-state index in [-0.39, 0.29) is 5.91 Å². The molecule has 1 aromatic carbocycles. The van der Waals surface area contributed by atoms with Crippen LogP contribution in [0.25, 0.3) is 11.3 Å². The molecule has 1 aliphatic heterocycles. The molecule has 0 atom stereocenters. The molecule has 2 fully saturated rings. The minimum Gasteiger partial charge on any atom is -0.393 e. The number of amides is 2. The van der Waals surface area contributed by atoms with Gasteiger partial charge < -0.3 is 26.0 Å². The second kappa shape index (κ2) is 8.94. The van der Waals surface area contributed by atoms with Crippen LogP contribution in [0.3, 0.4) is 0 Å². The van der Waals surface area contributed by atoms with Crippen LogP contribution in [0, 0.1) is 0 Å². The average molecular weight is 444 g/mol. The van der Waals surface area contributed by atoms with E-state index < -0.39 is 17.6 Å². The van der Waals surface area contributed by atoms with Crippen molar-refractivity contribution in [2.45, 2.75) is 37.3 Å². The van der Waals surface area contributed by atoms with Crippen molar-refractivity contribution in [3.05, 3.63) is 35.2 Å². The Morgan fingerprint density at radius 3 is 2.42 bits per heavy atom. The van der Waals surface area contributed by atoms with Crippen molar-refractivity contribution in [1.82, 2.24) is 15.2 Å². The molecule has 8 nitrogen and oxygen atoms in total. The van der Waals surface area contributed by atoms with Crippen molar-refractivity contribution in [2.24, 2.45) is 5.73 Å². The summed E-state index contributed by atoms with van der Waals surface area (Å²) in [5.41, 5.74) is 6.80. The van der Waals surface area contributed by atoms with Crippen LogP contribution in [0.4, 0.5) is 5.13 Å². The lowest BCUT2D eigenvalue weighted by molar-refractivity contribution is -0.126. The van der Waals surface area contributed by atoms with Crippen molar-refractivity contribution in [3.8, 4) is 11.3 Å². The molecule has 4 N–H and O–H groups in total. The number of aromatic nitrogens is 1. The summed E-state index contributed by atoms with van der Waals surface area (Å²) in [6.45, 7) is 4.01. The molecule has 1 aliphatic carbocycles. The van der Waals surface area contributed by atoms with Gasteiger partial charge >= 0.3 is 0 Å². The summed E-state index contributed by atoms with van der Waals surface area (Å²) in [5, 5.41) is 15.6. The van der Waals surface area contributed by atoms with E-state index in [1.807, 2.05) is 17.5 Å². The van der Waals surface area contributed by atoms with E-state index in [4.69, 9.17) is 10.7 Å². The Morgan fingerprint density at radius 2 is 1.81 bits per heavy atom. The molecule has 166 valence electrons. The van der Waals surface area contributed by atoms with Gasteiger partial charge in [-0.15, -0.1) is 11.3 Å². The number of aliphatic hydroxyl groups is 1. The van der Waals surface area contributed by atoms with E-state index in [1.165, 1.54) is 0 Å². The van der Waals surface area contributed by atoms with Gasteiger partial charge in [0.15, 0.2) is 5.13 Å². The third kappa shape index (κ3) is 4.73. The van der Waals surface area contributed by atoms with Gasteiger partial charge in [-0.05, 0) is 44.9 Å². The Kier molecular flexibility index (Phi) is 6.27. The minimum absolute atomic E-state index is 0.335. The topological polar surface area (TPSA) is 112 Å². The molecule has 4 rings (SSSR count). The Hall–Kier alpha value is -2.49. The molecule has 31 heavy (non-hydrogen) atoms. The minimum atomic E-state index is -1.10. The highest BCUT2D eigenvalue weighted by atomic mass is 32.1. The Balaban J connectivity index is 1.43. The van der Waals surface area contributed by atoms with Crippen LogP contribution in [0.1, 0.15) is 36.0 Å².